The second-order valence-electron chi connectivity index (χ2n) is 8.60. The van der Waals surface area contributed by atoms with Gasteiger partial charge in [-0.25, -0.2) is 0 Å². The van der Waals surface area contributed by atoms with Crippen molar-refractivity contribution >= 4 is 11.8 Å². The van der Waals surface area contributed by atoms with E-state index in [4.69, 9.17) is 4.74 Å². The molecule has 4 rings (SSSR count). The number of benzene rings is 1. The Bertz CT molecular complexity index is 706. The zero-order valence-corrected chi connectivity index (χ0v) is 17.0. The van der Waals surface area contributed by atoms with Gasteiger partial charge in [-0.05, 0) is 57.6 Å². The number of hydrogen-bond donors (Lipinski definition) is 0. The Balaban J connectivity index is 1.27. The molecule has 0 bridgehead atoms. The van der Waals surface area contributed by atoms with E-state index in [-0.39, 0.29) is 12.0 Å². The topological polar surface area (TPSA) is 53.1 Å². The average Bonchev–Trinajstić information content (AvgIpc) is 3.44. The fourth-order valence-electron chi connectivity index (χ4n) is 4.18. The summed E-state index contributed by atoms with van der Waals surface area (Å²) in [5.74, 6) is 1.53. The molecule has 2 heterocycles. The summed E-state index contributed by atoms with van der Waals surface area (Å²) < 4.78 is 6.10. The maximum Gasteiger partial charge on any atom is 0.253 e. The zero-order valence-electron chi connectivity index (χ0n) is 17.0. The molecule has 2 amide bonds. The van der Waals surface area contributed by atoms with Gasteiger partial charge in [0.2, 0.25) is 5.91 Å². The van der Waals surface area contributed by atoms with Crippen molar-refractivity contribution in [3.05, 3.63) is 29.8 Å². The largest absolute Gasteiger partial charge is 0.490 e. The predicted octanol–water partition coefficient (Wildman–Crippen LogP) is 2.24. The van der Waals surface area contributed by atoms with E-state index >= 15 is 0 Å². The zero-order chi connectivity index (χ0) is 19.7. The van der Waals surface area contributed by atoms with Crippen molar-refractivity contribution < 1.29 is 14.3 Å². The van der Waals surface area contributed by atoms with Gasteiger partial charge in [0.25, 0.3) is 5.91 Å². The van der Waals surface area contributed by atoms with Crippen LogP contribution in [-0.4, -0.2) is 78.9 Å². The van der Waals surface area contributed by atoms with Crippen molar-refractivity contribution in [3.63, 3.8) is 0 Å². The number of carbonyl (C=O) groups is 2. The van der Waals surface area contributed by atoms with Crippen LogP contribution in [0.15, 0.2) is 24.3 Å². The van der Waals surface area contributed by atoms with Gasteiger partial charge in [-0.1, -0.05) is 0 Å². The highest BCUT2D eigenvalue weighted by Crippen LogP contribution is 2.32. The summed E-state index contributed by atoms with van der Waals surface area (Å²) in [6.07, 6.45) is 5.05. The van der Waals surface area contributed by atoms with Crippen molar-refractivity contribution in [1.82, 2.24) is 14.7 Å². The van der Waals surface area contributed by atoms with E-state index < -0.39 is 0 Å². The lowest BCUT2D eigenvalue weighted by Gasteiger charge is -2.32. The summed E-state index contributed by atoms with van der Waals surface area (Å²) in [6, 6.07) is 7.98. The highest BCUT2D eigenvalue weighted by atomic mass is 16.5. The summed E-state index contributed by atoms with van der Waals surface area (Å²) in [5, 5.41) is 0. The van der Waals surface area contributed by atoms with Crippen molar-refractivity contribution in [1.29, 1.82) is 0 Å². The molecule has 1 aromatic rings. The molecule has 0 unspecified atom stereocenters. The molecule has 1 atom stereocenters. The number of rotatable bonds is 5. The Labute approximate surface area is 167 Å². The van der Waals surface area contributed by atoms with Gasteiger partial charge in [0.05, 0.1) is 0 Å². The Morgan fingerprint density at radius 3 is 2.14 bits per heavy atom. The first-order chi connectivity index (χ1) is 13.5. The van der Waals surface area contributed by atoms with Crippen LogP contribution in [0.2, 0.25) is 0 Å². The number of nitrogens with zero attached hydrogens (tertiary/aromatic N) is 3. The monoisotopic (exact) mass is 385 g/mol. The highest BCUT2D eigenvalue weighted by molar-refractivity contribution is 5.94. The molecule has 0 radical (unpaired) electrons. The highest BCUT2D eigenvalue weighted by Gasteiger charge is 2.35. The van der Waals surface area contributed by atoms with Crippen molar-refractivity contribution in [3.8, 4) is 5.75 Å². The molecule has 2 aliphatic heterocycles. The van der Waals surface area contributed by atoms with Crippen LogP contribution in [0.5, 0.6) is 5.75 Å². The number of piperidine rings is 1. The SMILES string of the molecule is CN(C)[C@@H]1CCN(C(=O)c2ccc(OC3CCN(C(=O)C4CC4)CC3)cc2)C1. The van der Waals surface area contributed by atoms with Gasteiger partial charge in [0.15, 0.2) is 0 Å². The molecular weight excluding hydrogens is 354 g/mol. The van der Waals surface area contributed by atoms with Gasteiger partial charge in [-0.3, -0.25) is 9.59 Å². The van der Waals surface area contributed by atoms with Crippen LogP contribution in [0.1, 0.15) is 42.5 Å². The second-order valence-corrected chi connectivity index (χ2v) is 8.60. The number of likely N-dealkylation sites (N-methyl/N-ethyl adjacent to an activating group) is 1. The van der Waals surface area contributed by atoms with Gasteiger partial charge >= 0.3 is 0 Å². The first-order valence-electron chi connectivity index (χ1n) is 10.5. The summed E-state index contributed by atoms with van der Waals surface area (Å²) in [6.45, 7) is 3.19. The maximum absolute atomic E-state index is 12.7. The molecule has 6 heteroatoms. The number of likely N-dealkylation sites (tertiary alicyclic amines) is 2. The molecule has 1 aliphatic carbocycles. The molecule has 152 valence electrons. The van der Waals surface area contributed by atoms with Crippen LogP contribution in [0.4, 0.5) is 0 Å². The van der Waals surface area contributed by atoms with Crippen LogP contribution in [0.3, 0.4) is 0 Å². The molecule has 1 saturated carbocycles. The fraction of sp³-hybridized carbons (Fsp3) is 0.636. The molecule has 0 N–H and O–H groups in total. The Morgan fingerprint density at radius 1 is 0.929 bits per heavy atom. The molecule has 0 aromatic heterocycles. The van der Waals surface area contributed by atoms with Crippen LogP contribution < -0.4 is 4.74 Å². The van der Waals surface area contributed by atoms with Crippen LogP contribution in [-0.2, 0) is 4.79 Å². The smallest absolute Gasteiger partial charge is 0.253 e. The van der Waals surface area contributed by atoms with Gasteiger partial charge in [-0.15, -0.1) is 0 Å². The van der Waals surface area contributed by atoms with E-state index in [1.54, 1.807) is 0 Å². The first-order valence-corrected chi connectivity index (χ1v) is 10.5. The lowest BCUT2D eigenvalue weighted by Crippen LogP contribution is -2.42. The van der Waals surface area contributed by atoms with Gasteiger partial charge < -0.3 is 19.4 Å². The van der Waals surface area contributed by atoms with E-state index in [0.29, 0.717) is 17.9 Å². The van der Waals surface area contributed by atoms with E-state index in [9.17, 15) is 9.59 Å². The van der Waals surface area contributed by atoms with Crippen molar-refractivity contribution in [2.24, 2.45) is 5.92 Å². The maximum atomic E-state index is 12.7. The molecule has 2 saturated heterocycles. The minimum absolute atomic E-state index is 0.0998. The van der Waals surface area contributed by atoms with Crippen LogP contribution >= 0.6 is 0 Å². The second kappa shape index (κ2) is 8.11. The van der Waals surface area contributed by atoms with Crippen molar-refractivity contribution in [2.75, 3.05) is 40.3 Å². The third-order valence-corrected chi connectivity index (χ3v) is 6.27. The molecule has 1 aromatic carbocycles. The number of hydrogen-bond acceptors (Lipinski definition) is 4. The minimum Gasteiger partial charge on any atom is -0.490 e. The van der Waals surface area contributed by atoms with Gasteiger partial charge in [0.1, 0.15) is 11.9 Å². The number of ether oxygens (including phenoxy) is 1. The normalized spacial score (nSPS) is 23.3. The lowest BCUT2D eigenvalue weighted by molar-refractivity contribution is -0.134. The summed E-state index contributed by atoms with van der Waals surface area (Å²) >= 11 is 0. The molecule has 3 fully saturated rings. The van der Waals surface area contributed by atoms with Gasteiger partial charge in [0, 0.05) is 56.5 Å². The van der Waals surface area contributed by atoms with E-state index in [1.807, 2.05) is 34.1 Å². The lowest BCUT2D eigenvalue weighted by atomic mass is 10.1. The molecule has 6 nitrogen and oxygen atoms in total. The summed E-state index contributed by atoms with van der Waals surface area (Å²) in [7, 11) is 4.13. The van der Waals surface area contributed by atoms with E-state index in [2.05, 4.69) is 19.0 Å². The van der Waals surface area contributed by atoms with Crippen LogP contribution in [0.25, 0.3) is 0 Å². The summed E-state index contributed by atoms with van der Waals surface area (Å²) in [4.78, 5) is 31.0. The average molecular weight is 386 g/mol. The molecule has 0 spiro atoms. The van der Waals surface area contributed by atoms with E-state index in [1.165, 1.54) is 0 Å². The standard InChI is InChI=1S/C22H31N3O3/c1-23(2)18-9-12-25(15-18)22(27)17-5-7-19(8-6-17)28-20-10-13-24(14-11-20)21(26)16-3-4-16/h5-8,16,18,20H,3-4,9-15H2,1-2H3/t18-/m1/s1. The minimum atomic E-state index is 0.0998. The Kier molecular flexibility index (Phi) is 5.58. The predicted molar refractivity (Wildman–Crippen MR) is 107 cm³/mol. The van der Waals surface area contributed by atoms with E-state index in [0.717, 1.165) is 69.6 Å². The fourth-order valence-corrected chi connectivity index (χ4v) is 4.18. The quantitative estimate of drug-likeness (QED) is 0.780. The number of carbonyl (C=O) groups excluding carboxylic acids is 2. The number of amides is 2. The Hall–Kier alpha value is -2.08. The van der Waals surface area contributed by atoms with Gasteiger partial charge in [-0.2, -0.15) is 0 Å². The first kappa shape index (κ1) is 19.2. The third-order valence-electron chi connectivity index (χ3n) is 6.27. The van der Waals surface area contributed by atoms with Crippen molar-refractivity contribution in [2.45, 2.75) is 44.2 Å². The third kappa shape index (κ3) is 4.32. The Morgan fingerprint density at radius 2 is 1.57 bits per heavy atom. The molecule has 3 aliphatic rings. The summed E-state index contributed by atoms with van der Waals surface area (Å²) in [5.41, 5.74) is 0.719. The van der Waals surface area contributed by atoms with Crippen LogP contribution in [0, 0.1) is 5.92 Å². The molecular formula is C22H31N3O3. The molecule has 28 heavy (non-hydrogen) atoms.